The van der Waals surface area contributed by atoms with E-state index in [1.165, 1.54) is 30.9 Å². The average molecular weight is 307 g/mol. The summed E-state index contributed by atoms with van der Waals surface area (Å²) in [7, 11) is 1.41. The van der Waals surface area contributed by atoms with E-state index in [4.69, 9.17) is 16.3 Å². The minimum atomic E-state index is -0.198. The van der Waals surface area contributed by atoms with Crippen LogP contribution in [0.1, 0.15) is 24.8 Å². The Morgan fingerprint density at radius 1 is 1.48 bits per heavy atom. The number of nitrogens with zero attached hydrogens (tertiary/aromatic N) is 1. The van der Waals surface area contributed by atoms with Crippen LogP contribution in [0, 0.1) is 0 Å². The first-order chi connectivity index (χ1) is 10.2. The Kier molecular flexibility index (Phi) is 4.17. The number of esters is 1. The van der Waals surface area contributed by atoms with Crippen molar-refractivity contribution in [1.29, 1.82) is 0 Å². The molecule has 1 fully saturated rings. The lowest BCUT2D eigenvalue weighted by molar-refractivity contribution is -0.140. The Balaban J connectivity index is 1.85. The number of aryl methyl sites for hydroxylation is 1. The summed E-state index contributed by atoms with van der Waals surface area (Å²) in [4.78, 5) is 11.3. The molecule has 21 heavy (non-hydrogen) atoms. The standard InChI is InChI=1S/C16H19ClN2O2/c1-21-16(20)6-7-19-10-11(9-18-13-3-4-13)14-5-2-12(17)8-15(14)19/h2,5,8,10,13,18H,3-4,6-7,9H2,1H3. The third-order valence-corrected chi connectivity index (χ3v) is 4.10. The van der Waals surface area contributed by atoms with Crippen molar-refractivity contribution in [2.75, 3.05) is 7.11 Å². The summed E-state index contributed by atoms with van der Waals surface area (Å²) in [5, 5.41) is 5.43. The fourth-order valence-electron chi connectivity index (χ4n) is 2.52. The zero-order chi connectivity index (χ0) is 14.8. The zero-order valence-corrected chi connectivity index (χ0v) is 12.8. The maximum absolute atomic E-state index is 11.3. The number of ether oxygens (including phenoxy) is 1. The second-order valence-electron chi connectivity index (χ2n) is 5.49. The lowest BCUT2D eigenvalue weighted by Crippen LogP contribution is -2.15. The van der Waals surface area contributed by atoms with Gasteiger partial charge < -0.3 is 14.6 Å². The molecule has 1 aliphatic carbocycles. The molecular weight excluding hydrogens is 288 g/mol. The van der Waals surface area contributed by atoms with Gasteiger partial charge in [0.2, 0.25) is 0 Å². The largest absolute Gasteiger partial charge is 0.469 e. The highest BCUT2D eigenvalue weighted by atomic mass is 35.5. The predicted molar refractivity (Wildman–Crippen MR) is 83.4 cm³/mol. The van der Waals surface area contributed by atoms with E-state index in [9.17, 15) is 4.79 Å². The van der Waals surface area contributed by atoms with Crippen molar-refractivity contribution >= 4 is 28.5 Å². The molecule has 1 aromatic carbocycles. The molecule has 5 heteroatoms. The van der Waals surface area contributed by atoms with E-state index in [1.54, 1.807) is 0 Å². The van der Waals surface area contributed by atoms with Gasteiger partial charge in [-0.05, 0) is 30.5 Å². The van der Waals surface area contributed by atoms with E-state index >= 15 is 0 Å². The Morgan fingerprint density at radius 3 is 3.00 bits per heavy atom. The Morgan fingerprint density at radius 2 is 2.29 bits per heavy atom. The van der Waals surface area contributed by atoms with Crippen molar-refractivity contribution < 1.29 is 9.53 Å². The zero-order valence-electron chi connectivity index (χ0n) is 12.1. The van der Waals surface area contributed by atoms with Gasteiger partial charge in [0.05, 0.1) is 13.5 Å². The summed E-state index contributed by atoms with van der Waals surface area (Å²) in [5.41, 5.74) is 2.32. The van der Waals surface area contributed by atoms with Crippen molar-refractivity contribution in [3.05, 3.63) is 35.0 Å². The molecule has 1 aromatic heterocycles. The fourth-order valence-corrected chi connectivity index (χ4v) is 2.69. The normalized spacial score (nSPS) is 14.6. The Hall–Kier alpha value is -1.52. The van der Waals surface area contributed by atoms with Crippen LogP contribution in [0.4, 0.5) is 0 Å². The monoisotopic (exact) mass is 306 g/mol. The van der Waals surface area contributed by atoms with Crippen molar-refractivity contribution in [3.8, 4) is 0 Å². The van der Waals surface area contributed by atoms with Crippen LogP contribution in [0.3, 0.4) is 0 Å². The van der Waals surface area contributed by atoms with E-state index < -0.39 is 0 Å². The third kappa shape index (κ3) is 3.39. The predicted octanol–water partition coefficient (Wildman–Crippen LogP) is 3.11. The topological polar surface area (TPSA) is 43.3 Å². The third-order valence-electron chi connectivity index (χ3n) is 3.87. The summed E-state index contributed by atoms with van der Waals surface area (Å²) in [5.74, 6) is -0.198. The molecule has 1 heterocycles. The van der Waals surface area contributed by atoms with Gasteiger partial charge in [-0.3, -0.25) is 4.79 Å². The van der Waals surface area contributed by atoms with Gasteiger partial charge in [-0.25, -0.2) is 0 Å². The van der Waals surface area contributed by atoms with Gasteiger partial charge in [-0.15, -0.1) is 0 Å². The highest BCUT2D eigenvalue weighted by Gasteiger charge is 2.21. The summed E-state index contributed by atoms with van der Waals surface area (Å²) in [6.45, 7) is 1.46. The molecule has 0 aliphatic heterocycles. The molecule has 0 unspecified atom stereocenters. The highest BCUT2D eigenvalue weighted by Crippen LogP contribution is 2.26. The van der Waals surface area contributed by atoms with Gasteiger partial charge in [0.15, 0.2) is 0 Å². The van der Waals surface area contributed by atoms with E-state index in [0.717, 1.165) is 12.1 Å². The fraction of sp³-hybridized carbons (Fsp3) is 0.438. The number of carbonyl (C=O) groups excluding carboxylic acids is 1. The second kappa shape index (κ2) is 6.08. The van der Waals surface area contributed by atoms with E-state index in [1.807, 2.05) is 12.1 Å². The van der Waals surface area contributed by atoms with Crippen molar-refractivity contribution in [1.82, 2.24) is 9.88 Å². The molecular formula is C16H19ClN2O2. The van der Waals surface area contributed by atoms with Crippen molar-refractivity contribution in [3.63, 3.8) is 0 Å². The lowest BCUT2D eigenvalue weighted by Gasteiger charge is -2.04. The van der Waals surface area contributed by atoms with E-state index in [0.29, 0.717) is 24.0 Å². The molecule has 3 rings (SSSR count). The molecule has 0 spiro atoms. The second-order valence-corrected chi connectivity index (χ2v) is 5.93. The molecule has 0 radical (unpaired) electrons. The molecule has 4 nitrogen and oxygen atoms in total. The van der Waals surface area contributed by atoms with Crippen molar-refractivity contribution in [2.24, 2.45) is 0 Å². The van der Waals surface area contributed by atoms with Crippen LogP contribution in [0.2, 0.25) is 5.02 Å². The maximum Gasteiger partial charge on any atom is 0.307 e. The van der Waals surface area contributed by atoms with Gasteiger partial charge >= 0.3 is 5.97 Å². The lowest BCUT2D eigenvalue weighted by atomic mass is 10.2. The summed E-state index contributed by atoms with van der Waals surface area (Å²) in [6, 6.07) is 6.59. The van der Waals surface area contributed by atoms with Gasteiger partial charge in [-0.1, -0.05) is 17.7 Å². The molecule has 1 saturated carbocycles. The number of carbonyl (C=O) groups is 1. The van der Waals surface area contributed by atoms with E-state index in [-0.39, 0.29) is 5.97 Å². The number of rotatable bonds is 6. The molecule has 0 saturated heterocycles. The number of halogens is 1. The van der Waals surface area contributed by atoms with E-state index in [2.05, 4.69) is 22.1 Å². The van der Waals surface area contributed by atoms with Crippen molar-refractivity contribution in [2.45, 2.75) is 38.4 Å². The minimum Gasteiger partial charge on any atom is -0.469 e. The maximum atomic E-state index is 11.3. The Bertz CT molecular complexity index is 662. The number of hydrogen-bond acceptors (Lipinski definition) is 3. The van der Waals surface area contributed by atoms with Gasteiger partial charge in [0.1, 0.15) is 0 Å². The van der Waals surface area contributed by atoms with Crippen LogP contribution in [0.5, 0.6) is 0 Å². The first-order valence-corrected chi connectivity index (χ1v) is 7.62. The number of benzene rings is 1. The van der Waals surface area contributed by atoms with Crippen LogP contribution in [-0.4, -0.2) is 23.7 Å². The molecule has 2 aromatic rings. The summed E-state index contributed by atoms with van der Waals surface area (Å²) >= 11 is 6.11. The number of aromatic nitrogens is 1. The van der Waals surface area contributed by atoms with Crippen LogP contribution in [0.25, 0.3) is 10.9 Å². The molecule has 1 aliphatic rings. The summed E-state index contributed by atoms with van der Waals surface area (Å²) in [6.07, 6.45) is 5.02. The van der Waals surface area contributed by atoms with Gasteiger partial charge in [0.25, 0.3) is 0 Å². The van der Waals surface area contributed by atoms with Crippen LogP contribution >= 0.6 is 11.6 Å². The van der Waals surface area contributed by atoms with Crippen LogP contribution < -0.4 is 5.32 Å². The number of fused-ring (bicyclic) bond motifs is 1. The first-order valence-electron chi connectivity index (χ1n) is 7.25. The minimum absolute atomic E-state index is 0.198. The number of nitrogens with one attached hydrogen (secondary N) is 1. The SMILES string of the molecule is COC(=O)CCn1cc(CNC2CC2)c2ccc(Cl)cc21. The average Bonchev–Trinajstić information content (AvgIpc) is 3.25. The molecule has 112 valence electrons. The molecule has 0 amide bonds. The molecule has 0 atom stereocenters. The Labute approximate surface area is 129 Å². The van der Waals surface area contributed by atoms with Gasteiger partial charge in [-0.2, -0.15) is 0 Å². The molecule has 1 N–H and O–H groups in total. The molecule has 0 bridgehead atoms. The summed E-state index contributed by atoms with van der Waals surface area (Å²) < 4.78 is 6.80. The highest BCUT2D eigenvalue weighted by molar-refractivity contribution is 6.31. The number of methoxy groups -OCH3 is 1. The van der Waals surface area contributed by atoms with Crippen LogP contribution in [0.15, 0.2) is 24.4 Å². The first kappa shape index (κ1) is 14.4. The van der Waals surface area contributed by atoms with Gasteiger partial charge in [0, 0.05) is 41.3 Å². The smallest absolute Gasteiger partial charge is 0.307 e. The van der Waals surface area contributed by atoms with Crippen LogP contribution in [-0.2, 0) is 22.6 Å². The number of hydrogen-bond donors (Lipinski definition) is 1. The quantitative estimate of drug-likeness (QED) is 0.834.